The van der Waals surface area contributed by atoms with E-state index >= 15 is 0 Å². The number of imidazole rings is 1. The molecule has 8 nitrogen and oxygen atoms in total. The van der Waals surface area contributed by atoms with E-state index in [2.05, 4.69) is 10.1 Å². The smallest absolute Gasteiger partial charge is 0.405 e. The first-order chi connectivity index (χ1) is 15.7. The fraction of sp³-hybridized carbons (Fsp3) is 0.227. The quantitative estimate of drug-likeness (QED) is 0.474. The van der Waals surface area contributed by atoms with Crippen LogP contribution >= 0.6 is 0 Å². The number of nitrogens with one attached hydrogen (secondary N) is 1. The number of alkyl halides is 3. The van der Waals surface area contributed by atoms with Gasteiger partial charge in [-0.2, -0.15) is 18.3 Å². The van der Waals surface area contributed by atoms with Crippen molar-refractivity contribution in [2.75, 3.05) is 20.8 Å². The normalized spacial score (nSPS) is 11.6. The Hall–Kier alpha value is -4.02. The van der Waals surface area contributed by atoms with Gasteiger partial charge < -0.3 is 14.8 Å². The van der Waals surface area contributed by atoms with Crippen LogP contribution < -0.4 is 14.8 Å². The molecule has 4 aromatic rings. The molecule has 0 aliphatic carbocycles. The molecule has 0 saturated heterocycles. The number of aryl methyl sites for hydroxylation is 1. The van der Waals surface area contributed by atoms with E-state index in [0.717, 1.165) is 16.9 Å². The molecule has 4 rings (SSSR count). The second-order valence-corrected chi connectivity index (χ2v) is 7.21. The topological polar surface area (TPSA) is 83.2 Å². The van der Waals surface area contributed by atoms with Crippen molar-refractivity contribution in [2.24, 2.45) is 0 Å². The van der Waals surface area contributed by atoms with E-state index in [1.54, 1.807) is 15.6 Å². The maximum absolute atomic E-state index is 12.5. The van der Waals surface area contributed by atoms with Gasteiger partial charge in [-0.25, -0.2) is 9.67 Å². The highest BCUT2D eigenvalue weighted by molar-refractivity contribution is 6.00. The van der Waals surface area contributed by atoms with Gasteiger partial charge in [0, 0.05) is 18.3 Å². The van der Waals surface area contributed by atoms with Crippen molar-refractivity contribution in [2.45, 2.75) is 13.1 Å². The van der Waals surface area contributed by atoms with E-state index in [1.165, 1.54) is 26.4 Å². The van der Waals surface area contributed by atoms with E-state index in [-0.39, 0.29) is 17.1 Å². The highest BCUT2D eigenvalue weighted by Gasteiger charge is 2.30. The summed E-state index contributed by atoms with van der Waals surface area (Å²) in [5.41, 5.74) is 3.62. The Bertz CT molecular complexity index is 1300. The summed E-state index contributed by atoms with van der Waals surface area (Å²) in [6.45, 7) is 0.432. The van der Waals surface area contributed by atoms with Crippen molar-refractivity contribution in [3.05, 3.63) is 60.2 Å². The first-order valence-electron chi connectivity index (χ1n) is 9.81. The lowest BCUT2D eigenvalue weighted by molar-refractivity contribution is -0.123. The van der Waals surface area contributed by atoms with Crippen LogP contribution in [0.3, 0.4) is 0 Å². The predicted molar refractivity (Wildman–Crippen MR) is 114 cm³/mol. The van der Waals surface area contributed by atoms with Gasteiger partial charge in [-0.1, -0.05) is 0 Å². The Kier molecular flexibility index (Phi) is 5.71. The molecule has 0 unspecified atom stereocenters. The molecule has 0 radical (unpaired) electrons. The van der Waals surface area contributed by atoms with Crippen LogP contribution in [0.4, 0.5) is 13.2 Å². The van der Waals surface area contributed by atoms with Gasteiger partial charge in [0.15, 0.2) is 0 Å². The molecule has 0 spiro atoms. The lowest BCUT2D eigenvalue weighted by Crippen LogP contribution is -2.34. The molecular weight excluding hydrogens is 439 g/mol. The third-order valence-corrected chi connectivity index (χ3v) is 4.96. The Labute approximate surface area is 186 Å². The maximum Gasteiger partial charge on any atom is 0.405 e. The summed E-state index contributed by atoms with van der Waals surface area (Å²) >= 11 is 0. The second-order valence-electron chi connectivity index (χ2n) is 7.21. The van der Waals surface area contributed by atoms with Crippen LogP contribution in [0.2, 0.25) is 0 Å². The van der Waals surface area contributed by atoms with Crippen LogP contribution in [0.25, 0.3) is 22.4 Å². The van der Waals surface area contributed by atoms with Gasteiger partial charge in [-0.3, -0.25) is 9.36 Å². The number of hydrogen-bond donors (Lipinski definition) is 1. The predicted octanol–water partition coefficient (Wildman–Crippen LogP) is 3.83. The highest BCUT2D eigenvalue weighted by atomic mass is 19.4. The zero-order valence-corrected chi connectivity index (χ0v) is 18.0. The summed E-state index contributed by atoms with van der Waals surface area (Å²) < 4.78 is 51.7. The van der Waals surface area contributed by atoms with Crippen molar-refractivity contribution in [1.82, 2.24) is 24.6 Å². The number of carbonyl (C=O) groups excluding carboxylic acids is 1. The molecule has 2 heterocycles. The van der Waals surface area contributed by atoms with Gasteiger partial charge in [0.2, 0.25) is 0 Å². The fourth-order valence-electron chi connectivity index (χ4n) is 3.44. The fourth-order valence-corrected chi connectivity index (χ4v) is 3.44. The Morgan fingerprint density at radius 1 is 1.06 bits per heavy atom. The first-order valence-corrected chi connectivity index (χ1v) is 9.81. The Morgan fingerprint density at radius 2 is 1.76 bits per heavy atom. The summed E-state index contributed by atoms with van der Waals surface area (Å²) in [6, 6.07) is 10.6. The van der Waals surface area contributed by atoms with Crippen LogP contribution in [0.5, 0.6) is 11.5 Å². The van der Waals surface area contributed by atoms with E-state index < -0.39 is 18.6 Å². The lowest BCUT2D eigenvalue weighted by atomic mass is 10.1. The third-order valence-electron chi connectivity index (χ3n) is 4.96. The van der Waals surface area contributed by atoms with Gasteiger partial charge in [-0.15, -0.1) is 0 Å². The lowest BCUT2D eigenvalue weighted by Gasteiger charge is -2.16. The summed E-state index contributed by atoms with van der Waals surface area (Å²) in [4.78, 5) is 16.9. The van der Waals surface area contributed by atoms with Crippen molar-refractivity contribution in [3.63, 3.8) is 0 Å². The van der Waals surface area contributed by atoms with Crippen LogP contribution in [-0.4, -0.2) is 52.2 Å². The van der Waals surface area contributed by atoms with Gasteiger partial charge in [0.1, 0.15) is 29.9 Å². The molecule has 0 fully saturated rings. The number of fused-ring (bicyclic) bond motifs is 1. The van der Waals surface area contributed by atoms with E-state index in [0.29, 0.717) is 11.2 Å². The van der Waals surface area contributed by atoms with Crippen molar-refractivity contribution < 1.29 is 27.4 Å². The zero-order chi connectivity index (χ0) is 23.8. The number of carbonyl (C=O) groups is 1. The number of methoxy groups -OCH3 is 2. The monoisotopic (exact) mass is 459 g/mol. The number of amides is 1. The zero-order valence-electron chi connectivity index (χ0n) is 18.0. The highest BCUT2D eigenvalue weighted by Crippen LogP contribution is 2.33. The van der Waals surface area contributed by atoms with Gasteiger partial charge in [0.05, 0.1) is 42.3 Å². The summed E-state index contributed by atoms with van der Waals surface area (Å²) in [6.07, 6.45) is -1.09. The molecule has 0 aliphatic rings. The van der Waals surface area contributed by atoms with Crippen LogP contribution in [-0.2, 0) is 0 Å². The standard InChI is InChI=1S/C22H20F3N5O3/c1-13-6-7-30(28-13)14-4-5-17-16(8-14)27-12-29(17)15-9-18(32-2)20(19(10-15)33-3)21(31)26-11-22(23,24)25/h4-10,12H,11H2,1-3H3,(H,26,31). The van der Waals surface area contributed by atoms with Crippen LogP contribution in [0.1, 0.15) is 16.1 Å². The van der Waals surface area contributed by atoms with Crippen LogP contribution in [0.15, 0.2) is 48.9 Å². The molecule has 2 aromatic heterocycles. The summed E-state index contributed by atoms with van der Waals surface area (Å²) in [7, 11) is 2.65. The first kappa shape index (κ1) is 22.2. The third kappa shape index (κ3) is 4.47. The van der Waals surface area contributed by atoms with Crippen molar-refractivity contribution in [1.29, 1.82) is 0 Å². The molecular formula is C22H20F3N5O3. The SMILES string of the molecule is COc1cc(-n2cnc3cc(-n4ccc(C)n4)ccc32)cc(OC)c1C(=O)NCC(F)(F)F. The molecule has 0 atom stereocenters. The number of nitrogens with zero attached hydrogens (tertiary/aromatic N) is 4. The number of benzene rings is 2. The van der Waals surface area contributed by atoms with Gasteiger partial charge in [-0.05, 0) is 31.2 Å². The molecule has 1 amide bonds. The van der Waals surface area contributed by atoms with E-state index in [9.17, 15) is 18.0 Å². The minimum atomic E-state index is -4.54. The average molecular weight is 459 g/mol. The number of ether oxygens (including phenoxy) is 2. The molecule has 172 valence electrons. The molecule has 0 bridgehead atoms. The Morgan fingerprint density at radius 3 is 2.33 bits per heavy atom. The van der Waals surface area contributed by atoms with Crippen LogP contribution in [0, 0.1) is 6.92 Å². The number of hydrogen-bond acceptors (Lipinski definition) is 5. The minimum absolute atomic E-state index is 0.0644. The average Bonchev–Trinajstić information content (AvgIpc) is 3.41. The van der Waals surface area contributed by atoms with E-state index in [1.807, 2.05) is 42.7 Å². The molecule has 11 heteroatoms. The van der Waals surface area contributed by atoms with E-state index in [4.69, 9.17) is 9.47 Å². The molecule has 0 saturated carbocycles. The Balaban J connectivity index is 1.74. The second kappa shape index (κ2) is 8.49. The van der Waals surface area contributed by atoms with Gasteiger partial charge in [0.25, 0.3) is 5.91 Å². The number of rotatable bonds is 6. The molecule has 2 aromatic carbocycles. The number of halogens is 3. The summed E-state index contributed by atoms with van der Waals surface area (Å²) in [5.74, 6) is -0.828. The molecule has 33 heavy (non-hydrogen) atoms. The van der Waals surface area contributed by atoms with Crippen molar-refractivity contribution in [3.8, 4) is 22.9 Å². The molecule has 0 aliphatic heterocycles. The molecule has 1 N–H and O–H groups in total. The maximum atomic E-state index is 12.5. The number of aromatic nitrogens is 4. The van der Waals surface area contributed by atoms with Gasteiger partial charge >= 0.3 is 6.18 Å². The largest absolute Gasteiger partial charge is 0.496 e. The minimum Gasteiger partial charge on any atom is -0.496 e. The summed E-state index contributed by atoms with van der Waals surface area (Å²) in [5, 5.41) is 6.24. The van der Waals surface area contributed by atoms with Crippen molar-refractivity contribution >= 4 is 16.9 Å².